The van der Waals surface area contributed by atoms with Gasteiger partial charge in [0, 0.05) is 32.3 Å². The van der Waals surface area contributed by atoms with E-state index >= 15 is 0 Å². The number of carbonyl (C=O) groups is 2. The number of likely N-dealkylation sites (tertiary alicyclic amines) is 2. The molecule has 0 aromatic heterocycles. The van der Waals surface area contributed by atoms with Crippen molar-refractivity contribution in [2.45, 2.75) is 38.5 Å². The minimum Gasteiger partial charge on any atom is -0.493 e. The standard InChI is InChI=1S/C30H34F3N3O7/c1-41-26-17-23(25(36(39)40)18-27(26)42-2)19-43-29(38)35-14-10-22(11-15-35)21-8-12-34(13-9-21)28(37)7-6-20-4-3-5-24(16-20)30(31,32)33/h3-7,16-18,21-22H,8-15,19H2,1-2H3/b7-6+. The van der Waals surface area contributed by atoms with Gasteiger partial charge in [0.15, 0.2) is 11.5 Å². The summed E-state index contributed by atoms with van der Waals surface area (Å²) in [7, 11) is 2.78. The number of nitro groups is 1. The zero-order valence-corrected chi connectivity index (χ0v) is 24.0. The van der Waals surface area contributed by atoms with Crippen LogP contribution < -0.4 is 9.47 Å². The van der Waals surface area contributed by atoms with E-state index in [9.17, 15) is 32.9 Å². The summed E-state index contributed by atoms with van der Waals surface area (Å²) in [6.07, 6.45) is 0.900. The van der Waals surface area contributed by atoms with E-state index in [1.165, 1.54) is 50.6 Å². The summed E-state index contributed by atoms with van der Waals surface area (Å²) in [5.41, 5.74) is -0.494. The molecule has 0 radical (unpaired) electrons. The number of halogens is 3. The Hall–Kier alpha value is -4.29. The lowest BCUT2D eigenvalue weighted by atomic mass is 9.79. The maximum atomic E-state index is 12.9. The highest BCUT2D eigenvalue weighted by Crippen LogP contribution is 2.36. The number of methoxy groups -OCH3 is 2. The molecule has 0 bridgehead atoms. The quantitative estimate of drug-likeness (QED) is 0.208. The van der Waals surface area contributed by atoms with E-state index in [-0.39, 0.29) is 29.5 Å². The van der Waals surface area contributed by atoms with Crippen molar-refractivity contribution in [3.8, 4) is 11.5 Å². The van der Waals surface area contributed by atoms with Crippen molar-refractivity contribution < 1.29 is 41.9 Å². The molecule has 0 aliphatic carbocycles. The van der Waals surface area contributed by atoms with E-state index < -0.39 is 22.8 Å². The highest BCUT2D eigenvalue weighted by atomic mass is 19.4. The summed E-state index contributed by atoms with van der Waals surface area (Å²) in [5.74, 6) is 1.04. The number of benzene rings is 2. The third-order valence-electron chi connectivity index (χ3n) is 8.08. The molecule has 43 heavy (non-hydrogen) atoms. The zero-order valence-electron chi connectivity index (χ0n) is 24.0. The highest BCUT2D eigenvalue weighted by molar-refractivity contribution is 5.91. The molecule has 2 amide bonds. The molecule has 0 unspecified atom stereocenters. The lowest BCUT2D eigenvalue weighted by Gasteiger charge is -2.39. The van der Waals surface area contributed by atoms with Crippen molar-refractivity contribution in [3.05, 3.63) is 69.3 Å². The Morgan fingerprint density at radius 1 is 0.953 bits per heavy atom. The van der Waals surface area contributed by atoms with Crippen molar-refractivity contribution in [1.29, 1.82) is 0 Å². The van der Waals surface area contributed by atoms with Gasteiger partial charge in [-0.15, -0.1) is 0 Å². The van der Waals surface area contributed by atoms with Crippen molar-refractivity contribution in [1.82, 2.24) is 9.80 Å². The van der Waals surface area contributed by atoms with Gasteiger partial charge in [0.1, 0.15) is 6.61 Å². The first-order chi connectivity index (χ1) is 20.5. The molecule has 10 nitrogen and oxygen atoms in total. The number of ether oxygens (including phenoxy) is 3. The summed E-state index contributed by atoms with van der Waals surface area (Å²) in [4.78, 5) is 39.6. The van der Waals surface area contributed by atoms with E-state index in [1.807, 2.05) is 0 Å². The molecule has 2 aliphatic rings. The largest absolute Gasteiger partial charge is 0.493 e. The molecule has 0 atom stereocenters. The molecule has 232 valence electrons. The Kier molecular flexibility index (Phi) is 10.1. The fourth-order valence-electron chi connectivity index (χ4n) is 5.66. The Bertz CT molecular complexity index is 1350. The predicted octanol–water partition coefficient (Wildman–Crippen LogP) is 5.93. The van der Waals surface area contributed by atoms with Crippen LogP contribution in [0.1, 0.15) is 42.4 Å². The van der Waals surface area contributed by atoms with Crippen LogP contribution in [-0.2, 0) is 22.3 Å². The van der Waals surface area contributed by atoms with Crippen molar-refractivity contribution >= 4 is 23.8 Å². The third kappa shape index (κ3) is 7.96. The second kappa shape index (κ2) is 13.8. The number of hydrogen-bond donors (Lipinski definition) is 0. The molecule has 0 N–H and O–H groups in total. The van der Waals surface area contributed by atoms with Crippen molar-refractivity contribution in [2.24, 2.45) is 11.8 Å². The van der Waals surface area contributed by atoms with Crippen LogP contribution in [0, 0.1) is 22.0 Å². The van der Waals surface area contributed by atoms with Gasteiger partial charge in [-0.3, -0.25) is 14.9 Å². The van der Waals surface area contributed by atoms with Crippen LogP contribution in [0.3, 0.4) is 0 Å². The Labute approximate surface area is 247 Å². The lowest BCUT2D eigenvalue weighted by Crippen LogP contribution is -2.43. The molecule has 2 aliphatic heterocycles. The van der Waals surface area contributed by atoms with Crippen LogP contribution >= 0.6 is 0 Å². The van der Waals surface area contributed by atoms with E-state index in [1.54, 1.807) is 9.80 Å². The fourth-order valence-corrected chi connectivity index (χ4v) is 5.66. The van der Waals surface area contributed by atoms with Gasteiger partial charge in [0.25, 0.3) is 5.69 Å². The molecule has 2 heterocycles. The Balaban J connectivity index is 1.23. The van der Waals surface area contributed by atoms with Crippen LogP contribution in [0.25, 0.3) is 6.08 Å². The molecule has 2 fully saturated rings. The average Bonchev–Trinajstić information content (AvgIpc) is 3.01. The van der Waals surface area contributed by atoms with Gasteiger partial charge in [-0.2, -0.15) is 13.2 Å². The summed E-state index contributed by atoms with van der Waals surface area (Å²) in [6.45, 7) is 1.82. The summed E-state index contributed by atoms with van der Waals surface area (Å²) in [6, 6.07) is 7.50. The molecule has 4 rings (SSSR count). The normalized spacial score (nSPS) is 16.8. The second-order valence-corrected chi connectivity index (χ2v) is 10.6. The number of nitro benzene ring substituents is 1. The maximum absolute atomic E-state index is 12.9. The molecule has 0 saturated carbocycles. The van der Waals surface area contributed by atoms with E-state index in [0.717, 1.165) is 37.8 Å². The van der Waals surface area contributed by atoms with Gasteiger partial charge in [-0.05, 0) is 67.4 Å². The molecule has 2 aromatic carbocycles. The maximum Gasteiger partial charge on any atom is 0.416 e. The van der Waals surface area contributed by atoms with Crippen LogP contribution in [0.4, 0.5) is 23.7 Å². The van der Waals surface area contributed by atoms with Crippen LogP contribution in [0.15, 0.2) is 42.5 Å². The van der Waals surface area contributed by atoms with Crippen LogP contribution in [-0.4, -0.2) is 67.1 Å². The summed E-state index contributed by atoms with van der Waals surface area (Å²) < 4.78 is 54.6. The number of hydrogen-bond acceptors (Lipinski definition) is 7. The van der Waals surface area contributed by atoms with Crippen LogP contribution in [0.2, 0.25) is 0 Å². The first-order valence-corrected chi connectivity index (χ1v) is 14.0. The Morgan fingerprint density at radius 2 is 1.53 bits per heavy atom. The minimum atomic E-state index is -4.44. The first-order valence-electron chi connectivity index (χ1n) is 14.0. The Morgan fingerprint density at radius 3 is 2.09 bits per heavy atom. The number of carbonyl (C=O) groups excluding carboxylic acids is 2. The SMILES string of the molecule is COc1cc(COC(=O)N2CCC(C3CCN(C(=O)/C=C/c4cccc(C(F)(F)F)c4)CC3)CC2)c([N+](=O)[O-])cc1OC. The molecular weight excluding hydrogens is 571 g/mol. The highest BCUT2D eigenvalue weighted by Gasteiger charge is 2.33. The molecule has 2 aromatic rings. The predicted molar refractivity (Wildman–Crippen MR) is 150 cm³/mol. The molecule has 0 spiro atoms. The summed E-state index contributed by atoms with van der Waals surface area (Å²) >= 11 is 0. The first kappa shape index (κ1) is 31.6. The van der Waals surface area contributed by atoms with E-state index in [0.29, 0.717) is 49.3 Å². The van der Waals surface area contributed by atoms with Crippen molar-refractivity contribution in [3.63, 3.8) is 0 Å². The number of rotatable bonds is 8. The fraction of sp³-hybridized carbons (Fsp3) is 0.467. The van der Waals surface area contributed by atoms with Gasteiger partial charge in [0.2, 0.25) is 5.91 Å². The zero-order chi connectivity index (χ0) is 31.1. The average molecular weight is 606 g/mol. The van der Waals surface area contributed by atoms with Gasteiger partial charge >= 0.3 is 12.3 Å². The van der Waals surface area contributed by atoms with Crippen LogP contribution in [0.5, 0.6) is 11.5 Å². The van der Waals surface area contributed by atoms with Gasteiger partial charge in [-0.25, -0.2) is 4.79 Å². The van der Waals surface area contributed by atoms with E-state index in [2.05, 4.69) is 0 Å². The van der Waals surface area contributed by atoms with Gasteiger partial charge in [0.05, 0.1) is 36.3 Å². The minimum absolute atomic E-state index is 0.192. The number of piperidine rings is 2. The molecule has 2 saturated heterocycles. The second-order valence-electron chi connectivity index (χ2n) is 10.6. The van der Waals surface area contributed by atoms with E-state index in [4.69, 9.17) is 14.2 Å². The number of nitrogens with zero attached hydrogens (tertiary/aromatic N) is 3. The molecular formula is C30H34F3N3O7. The van der Waals surface area contributed by atoms with Gasteiger partial charge < -0.3 is 24.0 Å². The topological polar surface area (TPSA) is 111 Å². The van der Waals surface area contributed by atoms with Crippen molar-refractivity contribution in [2.75, 3.05) is 40.4 Å². The number of alkyl halides is 3. The smallest absolute Gasteiger partial charge is 0.416 e. The summed E-state index contributed by atoms with van der Waals surface area (Å²) in [5, 5.41) is 11.5. The molecule has 13 heteroatoms. The monoisotopic (exact) mass is 605 g/mol. The lowest BCUT2D eigenvalue weighted by molar-refractivity contribution is -0.385. The van der Waals surface area contributed by atoms with Gasteiger partial charge in [-0.1, -0.05) is 12.1 Å². The third-order valence-corrected chi connectivity index (χ3v) is 8.08. The number of amides is 2.